The first-order valence-electron chi connectivity index (χ1n) is 7.60. The van der Waals surface area contributed by atoms with Gasteiger partial charge in [-0.25, -0.2) is 13.1 Å². The summed E-state index contributed by atoms with van der Waals surface area (Å²) in [7, 11) is -3.46. The van der Waals surface area contributed by atoms with Gasteiger partial charge < -0.3 is 10.1 Å². The van der Waals surface area contributed by atoms with Crippen LogP contribution >= 0.6 is 0 Å². The Morgan fingerprint density at radius 3 is 2.57 bits per heavy atom. The normalized spacial score (nSPS) is 28.0. The number of ether oxygens (including phenoxy) is 1. The van der Waals surface area contributed by atoms with Crippen molar-refractivity contribution in [3.05, 3.63) is 24.3 Å². The monoisotopic (exact) mass is 310 g/mol. The number of fused-ring (bicyclic) bond motifs is 2. The minimum Gasteiger partial charge on any atom is -0.385 e. The van der Waals surface area contributed by atoms with Crippen molar-refractivity contribution >= 4 is 15.7 Å². The van der Waals surface area contributed by atoms with Gasteiger partial charge in [-0.1, -0.05) is 6.92 Å². The highest BCUT2D eigenvalue weighted by Gasteiger charge is 2.42. The third-order valence-electron chi connectivity index (χ3n) is 4.16. The van der Waals surface area contributed by atoms with Crippen molar-refractivity contribution in [1.82, 2.24) is 4.72 Å². The number of nitrogens with one attached hydrogen (secondary N) is 2. The molecule has 2 aliphatic heterocycles. The molecule has 0 spiro atoms. The van der Waals surface area contributed by atoms with Crippen molar-refractivity contribution in [2.24, 2.45) is 0 Å². The van der Waals surface area contributed by atoms with E-state index in [0.717, 1.165) is 37.9 Å². The molecule has 3 rings (SSSR count). The summed E-state index contributed by atoms with van der Waals surface area (Å²) in [5.41, 5.74) is 0.944. The van der Waals surface area contributed by atoms with Crippen LogP contribution in [0.3, 0.4) is 0 Å². The van der Waals surface area contributed by atoms with Gasteiger partial charge in [0.15, 0.2) is 0 Å². The molecule has 6 heteroatoms. The largest absolute Gasteiger partial charge is 0.385 e. The van der Waals surface area contributed by atoms with Gasteiger partial charge in [-0.2, -0.15) is 0 Å². The number of hydrogen-bond acceptors (Lipinski definition) is 4. The molecule has 3 unspecified atom stereocenters. The summed E-state index contributed by atoms with van der Waals surface area (Å²) < 4.78 is 33.3. The number of anilines is 1. The molecule has 2 saturated heterocycles. The first kappa shape index (κ1) is 14.8. The van der Waals surface area contributed by atoms with E-state index in [9.17, 15) is 8.42 Å². The van der Waals surface area contributed by atoms with Gasteiger partial charge >= 0.3 is 0 Å². The van der Waals surface area contributed by atoms with Gasteiger partial charge in [0.05, 0.1) is 23.1 Å². The van der Waals surface area contributed by atoms with Gasteiger partial charge in [0.25, 0.3) is 0 Å². The van der Waals surface area contributed by atoms with Gasteiger partial charge in [-0.3, -0.25) is 0 Å². The van der Waals surface area contributed by atoms with Crippen LogP contribution in [-0.4, -0.2) is 33.2 Å². The molecule has 0 radical (unpaired) electrons. The maximum Gasteiger partial charge on any atom is 0.240 e. The summed E-state index contributed by atoms with van der Waals surface area (Å²) >= 11 is 0. The highest BCUT2D eigenvalue weighted by Crippen LogP contribution is 2.35. The first-order chi connectivity index (χ1) is 10.1. The van der Waals surface area contributed by atoms with E-state index in [1.54, 1.807) is 12.1 Å². The molecule has 0 aliphatic carbocycles. The highest BCUT2D eigenvalue weighted by molar-refractivity contribution is 7.89. The lowest BCUT2D eigenvalue weighted by Crippen LogP contribution is -2.41. The van der Waals surface area contributed by atoms with Crippen molar-refractivity contribution in [3.8, 4) is 0 Å². The number of benzene rings is 1. The van der Waals surface area contributed by atoms with Gasteiger partial charge in [-0.05, 0) is 49.9 Å². The second-order valence-corrected chi connectivity index (χ2v) is 7.50. The Hall–Kier alpha value is -1.11. The molecule has 0 amide bonds. The predicted octanol–water partition coefficient (Wildman–Crippen LogP) is 2.11. The van der Waals surface area contributed by atoms with Crippen LogP contribution in [-0.2, 0) is 14.8 Å². The van der Waals surface area contributed by atoms with Crippen LogP contribution in [0.4, 0.5) is 5.69 Å². The van der Waals surface area contributed by atoms with Crippen molar-refractivity contribution in [2.75, 3.05) is 11.9 Å². The number of rotatable bonds is 6. The van der Waals surface area contributed by atoms with Crippen LogP contribution in [0, 0.1) is 0 Å². The molecule has 3 atom stereocenters. The topological polar surface area (TPSA) is 67.4 Å². The molecule has 2 heterocycles. The number of sulfonamides is 1. The average molecular weight is 310 g/mol. The molecule has 1 aromatic rings. The van der Waals surface area contributed by atoms with E-state index in [1.165, 1.54) is 0 Å². The summed E-state index contributed by atoms with van der Waals surface area (Å²) in [6.07, 6.45) is 4.13. The molecule has 5 nitrogen and oxygen atoms in total. The van der Waals surface area contributed by atoms with E-state index >= 15 is 0 Å². The van der Waals surface area contributed by atoms with Crippen LogP contribution in [0.5, 0.6) is 0 Å². The van der Waals surface area contributed by atoms with Gasteiger partial charge in [-0.15, -0.1) is 0 Å². The smallest absolute Gasteiger partial charge is 0.240 e. The Morgan fingerprint density at radius 1 is 1.24 bits per heavy atom. The highest BCUT2D eigenvalue weighted by atomic mass is 32.2. The molecule has 2 bridgehead atoms. The molecule has 21 heavy (non-hydrogen) atoms. The number of hydrogen-bond donors (Lipinski definition) is 2. The Morgan fingerprint density at radius 2 is 2.00 bits per heavy atom. The van der Waals surface area contributed by atoms with E-state index in [0.29, 0.717) is 4.90 Å². The Kier molecular flexibility index (Phi) is 4.19. The van der Waals surface area contributed by atoms with Gasteiger partial charge in [0, 0.05) is 12.2 Å². The standard InChI is InChI=1S/C15H22N2O3S/c1-2-9-16-11-3-6-13(7-4-11)21(18,19)17-14-10-12-5-8-15(14)20-12/h3-4,6-7,12,14-17H,2,5,8-10H2,1H3. The zero-order chi connectivity index (χ0) is 14.9. The quantitative estimate of drug-likeness (QED) is 0.844. The van der Waals surface area contributed by atoms with E-state index in [4.69, 9.17) is 4.74 Å². The van der Waals surface area contributed by atoms with E-state index < -0.39 is 10.0 Å². The predicted molar refractivity (Wildman–Crippen MR) is 81.8 cm³/mol. The summed E-state index contributed by atoms with van der Waals surface area (Å²) in [5.74, 6) is 0. The molecule has 2 N–H and O–H groups in total. The van der Waals surface area contributed by atoms with E-state index in [1.807, 2.05) is 12.1 Å². The molecule has 2 aliphatic rings. The average Bonchev–Trinajstić information content (AvgIpc) is 3.07. The Labute approximate surface area is 126 Å². The lowest BCUT2D eigenvalue weighted by atomic mass is 9.96. The van der Waals surface area contributed by atoms with Crippen LogP contribution in [0.15, 0.2) is 29.2 Å². The van der Waals surface area contributed by atoms with Crippen molar-refractivity contribution in [2.45, 2.75) is 55.8 Å². The summed E-state index contributed by atoms with van der Waals surface area (Å²) in [4.78, 5) is 0.312. The lowest BCUT2D eigenvalue weighted by molar-refractivity contribution is 0.0996. The van der Waals surface area contributed by atoms with Crippen LogP contribution < -0.4 is 10.0 Å². The van der Waals surface area contributed by atoms with Crippen molar-refractivity contribution < 1.29 is 13.2 Å². The molecule has 0 saturated carbocycles. The summed E-state index contributed by atoms with van der Waals surface area (Å²) in [6.45, 7) is 2.97. The third-order valence-corrected chi connectivity index (χ3v) is 5.66. The minimum absolute atomic E-state index is 0.0512. The zero-order valence-corrected chi connectivity index (χ0v) is 13.0. The molecular formula is C15H22N2O3S. The fourth-order valence-corrected chi connectivity index (χ4v) is 4.33. The fraction of sp³-hybridized carbons (Fsp3) is 0.600. The van der Waals surface area contributed by atoms with Crippen LogP contribution in [0.2, 0.25) is 0 Å². The second-order valence-electron chi connectivity index (χ2n) is 5.79. The van der Waals surface area contributed by atoms with E-state index in [-0.39, 0.29) is 18.2 Å². The lowest BCUT2D eigenvalue weighted by Gasteiger charge is -2.20. The minimum atomic E-state index is -3.46. The van der Waals surface area contributed by atoms with Crippen LogP contribution in [0.1, 0.15) is 32.6 Å². The molecule has 116 valence electrons. The summed E-state index contributed by atoms with van der Waals surface area (Å²) in [5, 5.41) is 3.23. The SMILES string of the molecule is CCCNc1ccc(S(=O)(=O)NC2CC3CCC2O3)cc1. The van der Waals surface area contributed by atoms with Gasteiger partial charge in [0.2, 0.25) is 10.0 Å². The molecule has 1 aromatic carbocycles. The first-order valence-corrected chi connectivity index (χ1v) is 9.08. The van der Waals surface area contributed by atoms with Crippen molar-refractivity contribution in [1.29, 1.82) is 0 Å². The zero-order valence-electron chi connectivity index (χ0n) is 12.2. The maximum absolute atomic E-state index is 12.4. The summed E-state index contributed by atoms with van der Waals surface area (Å²) in [6, 6.07) is 6.83. The molecule has 2 fully saturated rings. The van der Waals surface area contributed by atoms with Crippen molar-refractivity contribution in [3.63, 3.8) is 0 Å². The van der Waals surface area contributed by atoms with E-state index in [2.05, 4.69) is 17.0 Å². The Balaban J connectivity index is 1.67. The van der Waals surface area contributed by atoms with Crippen LogP contribution in [0.25, 0.3) is 0 Å². The Bertz CT molecular complexity index is 585. The third kappa shape index (κ3) is 3.22. The van der Waals surface area contributed by atoms with Gasteiger partial charge in [0.1, 0.15) is 0 Å². The fourth-order valence-electron chi connectivity index (χ4n) is 3.05. The second kappa shape index (κ2) is 5.94. The molecule has 0 aromatic heterocycles. The maximum atomic E-state index is 12.4. The molecular weight excluding hydrogens is 288 g/mol.